The lowest BCUT2D eigenvalue weighted by Gasteiger charge is -2.03. The lowest BCUT2D eigenvalue weighted by molar-refractivity contribution is -0.129. The van der Waals surface area contributed by atoms with Gasteiger partial charge in [0.2, 0.25) is 5.90 Å². The van der Waals surface area contributed by atoms with Gasteiger partial charge in [0.05, 0.1) is 11.6 Å². The molecule has 4 heteroatoms. The number of aryl methyl sites for hydroxylation is 2. The number of cyclic esters (lactones) is 1. The molecule has 0 fully saturated rings. The van der Waals surface area contributed by atoms with Crippen LogP contribution < -0.4 is 0 Å². The number of benzene rings is 2. The molecule has 0 bridgehead atoms. The molecule has 1 heterocycles. The van der Waals surface area contributed by atoms with Crippen LogP contribution in [0, 0.1) is 25.2 Å². The molecule has 2 aromatic carbocycles. The number of ether oxygens (including phenoxy) is 1. The van der Waals surface area contributed by atoms with Crippen molar-refractivity contribution in [2.45, 2.75) is 13.8 Å². The molecule has 1 aliphatic rings. The molecule has 0 unspecified atom stereocenters. The normalized spacial score (nSPS) is 15.3. The monoisotopic (exact) mass is 302 g/mol. The maximum atomic E-state index is 12.0. The van der Waals surface area contributed by atoms with Gasteiger partial charge in [-0.15, -0.1) is 0 Å². The van der Waals surface area contributed by atoms with Crippen molar-refractivity contribution in [3.05, 3.63) is 76.0 Å². The summed E-state index contributed by atoms with van der Waals surface area (Å²) in [7, 11) is 0. The molecule has 0 amide bonds. The van der Waals surface area contributed by atoms with Gasteiger partial charge in [-0.05, 0) is 60.9 Å². The van der Waals surface area contributed by atoms with E-state index in [0.717, 1.165) is 16.7 Å². The average molecular weight is 302 g/mol. The van der Waals surface area contributed by atoms with Crippen molar-refractivity contribution in [1.29, 1.82) is 5.26 Å². The van der Waals surface area contributed by atoms with Gasteiger partial charge in [-0.1, -0.05) is 18.2 Å². The number of esters is 1. The third kappa shape index (κ3) is 3.04. The Morgan fingerprint density at radius 1 is 1.09 bits per heavy atom. The van der Waals surface area contributed by atoms with E-state index in [0.29, 0.717) is 11.5 Å². The highest BCUT2D eigenvalue weighted by Gasteiger charge is 2.24. The van der Waals surface area contributed by atoms with Gasteiger partial charge in [0, 0.05) is 5.56 Å². The molecule has 0 aliphatic carbocycles. The Kier molecular flexibility index (Phi) is 3.78. The molecule has 4 nitrogen and oxygen atoms in total. The zero-order chi connectivity index (χ0) is 16.4. The van der Waals surface area contributed by atoms with Crippen molar-refractivity contribution >= 4 is 17.9 Å². The molecule has 0 atom stereocenters. The Balaban J connectivity index is 1.92. The van der Waals surface area contributed by atoms with Crippen LogP contribution in [0.1, 0.15) is 27.8 Å². The highest BCUT2D eigenvalue weighted by atomic mass is 16.6. The molecule has 2 aromatic rings. The maximum Gasteiger partial charge on any atom is 0.363 e. The van der Waals surface area contributed by atoms with Gasteiger partial charge in [0.1, 0.15) is 0 Å². The van der Waals surface area contributed by atoms with Crippen LogP contribution in [0.15, 0.2) is 53.2 Å². The summed E-state index contributed by atoms with van der Waals surface area (Å²) < 4.78 is 5.26. The first kappa shape index (κ1) is 14.7. The Labute approximate surface area is 134 Å². The Bertz CT molecular complexity index is 885. The van der Waals surface area contributed by atoms with Crippen LogP contribution in [-0.2, 0) is 9.53 Å². The van der Waals surface area contributed by atoms with Crippen molar-refractivity contribution in [3.8, 4) is 6.07 Å². The number of nitrogens with zero attached hydrogens (tertiary/aromatic N) is 2. The first-order valence-corrected chi connectivity index (χ1v) is 7.17. The number of aliphatic imine (C=N–C) groups is 1. The third-order valence-corrected chi connectivity index (χ3v) is 3.72. The van der Waals surface area contributed by atoms with Gasteiger partial charge in [0.25, 0.3) is 0 Å². The van der Waals surface area contributed by atoms with E-state index in [4.69, 9.17) is 10.00 Å². The molecule has 23 heavy (non-hydrogen) atoms. The summed E-state index contributed by atoms with van der Waals surface area (Å²) >= 11 is 0. The fourth-order valence-corrected chi connectivity index (χ4v) is 2.22. The predicted octanol–water partition coefficient (Wildman–Crippen LogP) is 3.52. The van der Waals surface area contributed by atoms with Gasteiger partial charge >= 0.3 is 5.97 Å². The number of carbonyl (C=O) groups excluding carboxylic acids is 1. The quantitative estimate of drug-likeness (QED) is 0.630. The van der Waals surface area contributed by atoms with Crippen LogP contribution in [0.25, 0.3) is 6.08 Å². The van der Waals surface area contributed by atoms with E-state index in [-0.39, 0.29) is 5.70 Å². The molecule has 112 valence electrons. The van der Waals surface area contributed by atoms with Crippen LogP contribution in [0.4, 0.5) is 0 Å². The molecule has 3 rings (SSSR count). The van der Waals surface area contributed by atoms with E-state index in [1.54, 1.807) is 30.3 Å². The predicted molar refractivity (Wildman–Crippen MR) is 87.7 cm³/mol. The molecular formula is C19H14N2O2. The largest absolute Gasteiger partial charge is 0.402 e. The summed E-state index contributed by atoms with van der Waals surface area (Å²) in [6, 6.07) is 14.8. The molecular weight excluding hydrogens is 288 g/mol. The van der Waals surface area contributed by atoms with Crippen LogP contribution in [-0.4, -0.2) is 11.9 Å². The van der Waals surface area contributed by atoms with Gasteiger partial charge in [0.15, 0.2) is 5.70 Å². The van der Waals surface area contributed by atoms with Gasteiger partial charge in [-0.2, -0.15) is 5.26 Å². The minimum atomic E-state index is -0.470. The second-order valence-corrected chi connectivity index (χ2v) is 5.37. The number of hydrogen-bond acceptors (Lipinski definition) is 4. The third-order valence-electron chi connectivity index (χ3n) is 3.72. The molecule has 0 saturated heterocycles. The molecule has 0 N–H and O–H groups in total. The van der Waals surface area contributed by atoms with E-state index in [2.05, 4.69) is 11.1 Å². The number of rotatable bonds is 2. The van der Waals surface area contributed by atoms with Crippen LogP contribution in [0.3, 0.4) is 0 Å². The fraction of sp³-hybridized carbons (Fsp3) is 0.105. The van der Waals surface area contributed by atoms with Gasteiger partial charge < -0.3 is 4.74 Å². The van der Waals surface area contributed by atoms with Crippen molar-refractivity contribution in [2.24, 2.45) is 4.99 Å². The summed E-state index contributed by atoms with van der Waals surface area (Å²) in [6.45, 7) is 4.03. The lowest BCUT2D eigenvalue weighted by Crippen LogP contribution is -2.05. The zero-order valence-corrected chi connectivity index (χ0v) is 12.8. The van der Waals surface area contributed by atoms with Gasteiger partial charge in [-0.25, -0.2) is 9.79 Å². The Hall–Kier alpha value is -3.19. The van der Waals surface area contributed by atoms with Gasteiger partial charge in [-0.3, -0.25) is 0 Å². The van der Waals surface area contributed by atoms with Crippen LogP contribution >= 0.6 is 0 Å². The first-order chi connectivity index (χ1) is 11.1. The van der Waals surface area contributed by atoms with Crippen molar-refractivity contribution in [1.82, 2.24) is 0 Å². The first-order valence-electron chi connectivity index (χ1n) is 7.17. The van der Waals surface area contributed by atoms with E-state index < -0.39 is 5.97 Å². The van der Waals surface area contributed by atoms with Crippen molar-refractivity contribution < 1.29 is 9.53 Å². The minimum absolute atomic E-state index is 0.253. The molecule has 0 spiro atoms. The fourth-order valence-electron chi connectivity index (χ4n) is 2.22. The second kappa shape index (κ2) is 5.90. The summed E-state index contributed by atoms with van der Waals surface area (Å²) in [6.07, 6.45) is 1.65. The summed E-state index contributed by atoms with van der Waals surface area (Å²) in [5.41, 5.74) is 4.69. The van der Waals surface area contributed by atoms with E-state index in [1.807, 2.05) is 32.0 Å². The molecule has 0 saturated carbocycles. The smallest absolute Gasteiger partial charge is 0.363 e. The van der Waals surface area contributed by atoms with E-state index in [1.165, 1.54) is 5.56 Å². The number of nitriles is 1. The highest BCUT2D eigenvalue weighted by Crippen LogP contribution is 2.20. The Morgan fingerprint density at radius 3 is 2.48 bits per heavy atom. The Morgan fingerprint density at radius 2 is 1.83 bits per heavy atom. The average Bonchev–Trinajstić information content (AvgIpc) is 2.92. The lowest BCUT2D eigenvalue weighted by atomic mass is 10.1. The molecule has 0 aromatic heterocycles. The molecule has 1 aliphatic heterocycles. The van der Waals surface area contributed by atoms with Crippen molar-refractivity contribution in [2.75, 3.05) is 0 Å². The maximum absolute atomic E-state index is 12.0. The number of carbonyl (C=O) groups is 1. The summed E-state index contributed by atoms with van der Waals surface area (Å²) in [4.78, 5) is 16.3. The topological polar surface area (TPSA) is 62.5 Å². The number of hydrogen-bond donors (Lipinski definition) is 0. The van der Waals surface area contributed by atoms with Crippen LogP contribution in [0.5, 0.6) is 0 Å². The molecule has 0 radical (unpaired) electrons. The summed E-state index contributed by atoms with van der Waals surface area (Å²) in [5, 5.41) is 8.80. The minimum Gasteiger partial charge on any atom is -0.402 e. The van der Waals surface area contributed by atoms with E-state index >= 15 is 0 Å². The summed E-state index contributed by atoms with van der Waals surface area (Å²) in [5.74, 6) is -0.152. The SMILES string of the molecule is Cc1ccc(C2=N/C(=C\c3ccc(C#N)cc3)C(=O)O2)cc1C. The standard InChI is InChI=1S/C19H14N2O2/c1-12-3-8-16(9-13(12)2)18-21-17(19(22)23-18)10-14-4-6-15(11-20)7-5-14/h3-10H,1-2H3/b17-10-. The second-order valence-electron chi connectivity index (χ2n) is 5.37. The zero-order valence-electron chi connectivity index (χ0n) is 12.8. The van der Waals surface area contributed by atoms with Crippen LogP contribution in [0.2, 0.25) is 0 Å². The van der Waals surface area contributed by atoms with Crippen molar-refractivity contribution in [3.63, 3.8) is 0 Å². The van der Waals surface area contributed by atoms with E-state index in [9.17, 15) is 4.79 Å². The highest BCUT2D eigenvalue weighted by molar-refractivity contribution is 6.12.